The van der Waals surface area contributed by atoms with Crippen LogP contribution in [0.25, 0.3) is 22.6 Å². The predicted octanol–water partition coefficient (Wildman–Crippen LogP) is 3.73. The molecule has 0 saturated heterocycles. The molecule has 0 aliphatic carbocycles. The Morgan fingerprint density at radius 1 is 1.20 bits per heavy atom. The Morgan fingerprint density at radius 3 is 2.75 bits per heavy atom. The SMILES string of the molecule is Nc1noc(-c2ccc(F)cc2I)c1-c1ccccn1. The fraction of sp³-hybridized carbons (Fsp3) is 0. The van der Waals surface area contributed by atoms with Gasteiger partial charge in [0.2, 0.25) is 0 Å². The average molecular weight is 381 g/mol. The third kappa shape index (κ3) is 2.26. The van der Waals surface area contributed by atoms with E-state index in [9.17, 15) is 4.39 Å². The van der Waals surface area contributed by atoms with Crippen molar-refractivity contribution in [3.8, 4) is 22.6 Å². The second kappa shape index (κ2) is 5.20. The van der Waals surface area contributed by atoms with Gasteiger partial charge in [0.1, 0.15) is 5.82 Å². The maximum absolute atomic E-state index is 13.2. The highest BCUT2D eigenvalue weighted by Gasteiger charge is 2.20. The zero-order valence-corrected chi connectivity index (χ0v) is 12.3. The van der Waals surface area contributed by atoms with E-state index < -0.39 is 0 Å². The van der Waals surface area contributed by atoms with Crippen LogP contribution in [0, 0.1) is 9.39 Å². The molecule has 4 nitrogen and oxygen atoms in total. The van der Waals surface area contributed by atoms with Gasteiger partial charge in [0, 0.05) is 15.3 Å². The molecular formula is C14H9FIN3O. The molecule has 3 aromatic rings. The van der Waals surface area contributed by atoms with Crippen molar-refractivity contribution in [2.75, 3.05) is 5.73 Å². The van der Waals surface area contributed by atoms with Crippen LogP contribution in [-0.4, -0.2) is 10.1 Å². The number of aromatic nitrogens is 2. The van der Waals surface area contributed by atoms with Gasteiger partial charge in [0.15, 0.2) is 11.6 Å². The van der Waals surface area contributed by atoms with Crippen LogP contribution in [0.2, 0.25) is 0 Å². The van der Waals surface area contributed by atoms with Gasteiger partial charge in [0.25, 0.3) is 0 Å². The van der Waals surface area contributed by atoms with E-state index >= 15 is 0 Å². The lowest BCUT2D eigenvalue weighted by molar-refractivity contribution is 0.436. The van der Waals surface area contributed by atoms with Crippen LogP contribution in [0.15, 0.2) is 47.1 Å². The number of hydrogen-bond donors (Lipinski definition) is 1. The molecule has 0 saturated carbocycles. The fourth-order valence-electron chi connectivity index (χ4n) is 1.92. The lowest BCUT2D eigenvalue weighted by atomic mass is 10.1. The summed E-state index contributed by atoms with van der Waals surface area (Å²) in [5.41, 5.74) is 7.89. The summed E-state index contributed by atoms with van der Waals surface area (Å²) >= 11 is 2.05. The second-order valence-corrected chi connectivity index (χ2v) is 5.27. The lowest BCUT2D eigenvalue weighted by Gasteiger charge is -2.04. The average Bonchev–Trinajstić information content (AvgIpc) is 2.81. The molecule has 0 aliphatic rings. The number of halogens is 2. The molecule has 0 aliphatic heterocycles. The zero-order valence-electron chi connectivity index (χ0n) is 10.2. The zero-order chi connectivity index (χ0) is 14.1. The number of nitrogens with zero attached hydrogens (tertiary/aromatic N) is 2. The predicted molar refractivity (Wildman–Crippen MR) is 82.3 cm³/mol. The number of nitrogens with two attached hydrogens (primary N) is 1. The summed E-state index contributed by atoms with van der Waals surface area (Å²) in [7, 11) is 0. The Hall–Kier alpha value is -1.96. The third-order valence-corrected chi connectivity index (χ3v) is 3.71. The van der Waals surface area contributed by atoms with Crippen molar-refractivity contribution in [2.45, 2.75) is 0 Å². The van der Waals surface area contributed by atoms with Gasteiger partial charge in [-0.25, -0.2) is 4.39 Å². The van der Waals surface area contributed by atoms with E-state index in [1.807, 2.05) is 40.8 Å². The lowest BCUT2D eigenvalue weighted by Crippen LogP contribution is -1.91. The third-order valence-electron chi connectivity index (χ3n) is 2.82. The van der Waals surface area contributed by atoms with Crippen LogP contribution in [0.3, 0.4) is 0 Å². The highest BCUT2D eigenvalue weighted by molar-refractivity contribution is 14.1. The van der Waals surface area contributed by atoms with E-state index in [0.29, 0.717) is 17.0 Å². The number of benzene rings is 1. The molecule has 0 amide bonds. The van der Waals surface area contributed by atoms with Gasteiger partial charge < -0.3 is 10.3 Å². The molecule has 100 valence electrons. The topological polar surface area (TPSA) is 64.9 Å². The van der Waals surface area contributed by atoms with Gasteiger partial charge in [0.05, 0.1) is 11.3 Å². The number of nitrogen functional groups attached to an aromatic ring is 1. The molecule has 20 heavy (non-hydrogen) atoms. The first kappa shape index (κ1) is 13.0. The number of anilines is 1. The molecule has 6 heteroatoms. The minimum Gasteiger partial charge on any atom is -0.380 e. The van der Waals surface area contributed by atoms with Gasteiger partial charge in [-0.3, -0.25) is 4.98 Å². The van der Waals surface area contributed by atoms with Gasteiger partial charge >= 0.3 is 0 Å². The summed E-state index contributed by atoms with van der Waals surface area (Å²) in [4.78, 5) is 4.26. The van der Waals surface area contributed by atoms with Crippen LogP contribution in [0.1, 0.15) is 0 Å². The molecular weight excluding hydrogens is 372 g/mol. The first-order valence-electron chi connectivity index (χ1n) is 5.79. The summed E-state index contributed by atoms with van der Waals surface area (Å²) in [5, 5.41) is 3.80. The van der Waals surface area contributed by atoms with Crippen molar-refractivity contribution in [1.82, 2.24) is 10.1 Å². The first-order valence-corrected chi connectivity index (χ1v) is 6.86. The van der Waals surface area contributed by atoms with Gasteiger partial charge in [-0.2, -0.15) is 0 Å². The minimum absolute atomic E-state index is 0.263. The molecule has 0 fully saturated rings. The van der Waals surface area contributed by atoms with Crippen molar-refractivity contribution in [2.24, 2.45) is 0 Å². The molecule has 0 bridgehead atoms. The summed E-state index contributed by atoms with van der Waals surface area (Å²) in [5.74, 6) is 0.453. The molecule has 1 aromatic carbocycles. The van der Waals surface area contributed by atoms with Crippen LogP contribution in [0.5, 0.6) is 0 Å². The van der Waals surface area contributed by atoms with Crippen LogP contribution in [-0.2, 0) is 0 Å². The van der Waals surface area contributed by atoms with Crippen molar-refractivity contribution in [3.63, 3.8) is 0 Å². The maximum atomic E-state index is 13.2. The Balaban J connectivity index is 2.21. The highest BCUT2D eigenvalue weighted by atomic mass is 127. The van der Waals surface area contributed by atoms with Crippen LogP contribution < -0.4 is 5.73 Å². The van der Waals surface area contributed by atoms with E-state index in [0.717, 1.165) is 9.13 Å². The standard InChI is InChI=1S/C14H9FIN3O/c15-8-4-5-9(10(16)7-8)13-12(14(17)19-20-13)11-3-1-2-6-18-11/h1-7H,(H2,17,19). The largest absolute Gasteiger partial charge is 0.380 e. The van der Waals surface area contributed by atoms with Gasteiger partial charge in [-0.05, 0) is 52.9 Å². The molecule has 3 rings (SSSR count). The normalized spacial score (nSPS) is 10.7. The molecule has 2 N–H and O–H groups in total. The molecule has 0 radical (unpaired) electrons. The summed E-state index contributed by atoms with van der Waals surface area (Å²) in [6.07, 6.45) is 1.67. The fourth-order valence-corrected chi connectivity index (χ4v) is 2.64. The van der Waals surface area contributed by atoms with Crippen molar-refractivity contribution in [1.29, 1.82) is 0 Å². The molecule has 2 heterocycles. The Morgan fingerprint density at radius 2 is 2.05 bits per heavy atom. The quantitative estimate of drug-likeness (QED) is 0.688. The van der Waals surface area contributed by atoms with Crippen molar-refractivity contribution < 1.29 is 8.91 Å². The smallest absolute Gasteiger partial charge is 0.179 e. The van der Waals surface area contributed by atoms with E-state index in [2.05, 4.69) is 10.1 Å². The highest BCUT2D eigenvalue weighted by Crippen LogP contribution is 2.37. The summed E-state index contributed by atoms with van der Waals surface area (Å²) in [6.45, 7) is 0. The Bertz CT molecular complexity index is 758. The number of hydrogen-bond acceptors (Lipinski definition) is 4. The number of pyridine rings is 1. The summed E-state index contributed by atoms with van der Waals surface area (Å²) < 4.78 is 19.2. The maximum Gasteiger partial charge on any atom is 0.179 e. The van der Waals surface area contributed by atoms with E-state index in [4.69, 9.17) is 10.3 Å². The van der Waals surface area contributed by atoms with E-state index in [1.54, 1.807) is 12.3 Å². The molecule has 0 atom stereocenters. The van der Waals surface area contributed by atoms with Gasteiger partial charge in [-0.1, -0.05) is 11.2 Å². The van der Waals surface area contributed by atoms with Crippen LogP contribution in [0.4, 0.5) is 10.2 Å². The number of rotatable bonds is 2. The first-order chi connectivity index (χ1) is 9.66. The van der Waals surface area contributed by atoms with E-state index in [1.165, 1.54) is 12.1 Å². The second-order valence-electron chi connectivity index (χ2n) is 4.11. The Labute approximate surface area is 127 Å². The summed E-state index contributed by atoms with van der Waals surface area (Å²) in [6, 6.07) is 9.93. The molecule has 2 aromatic heterocycles. The van der Waals surface area contributed by atoms with Crippen molar-refractivity contribution in [3.05, 3.63) is 52.0 Å². The Kier molecular flexibility index (Phi) is 3.39. The molecule has 0 unspecified atom stereocenters. The van der Waals surface area contributed by atoms with E-state index in [-0.39, 0.29) is 11.6 Å². The van der Waals surface area contributed by atoms with Crippen LogP contribution >= 0.6 is 22.6 Å². The van der Waals surface area contributed by atoms with Gasteiger partial charge in [-0.15, -0.1) is 0 Å². The van der Waals surface area contributed by atoms with Crippen molar-refractivity contribution >= 4 is 28.4 Å². The molecule has 0 spiro atoms. The monoisotopic (exact) mass is 381 g/mol. The minimum atomic E-state index is -0.301.